The number of aromatic nitrogens is 1. The Morgan fingerprint density at radius 3 is 2.52 bits per heavy atom. The van der Waals surface area contributed by atoms with Gasteiger partial charge in [0.05, 0.1) is 16.3 Å². The second-order valence-electron chi connectivity index (χ2n) is 9.08. The van der Waals surface area contributed by atoms with Gasteiger partial charge in [-0.05, 0) is 58.6 Å². The van der Waals surface area contributed by atoms with Crippen LogP contribution in [0.1, 0.15) is 56.2 Å². The summed E-state index contributed by atoms with van der Waals surface area (Å²) in [5.74, 6) is 0.755. The maximum Gasteiger partial charge on any atom is 0.187 e. The molecule has 0 amide bonds. The van der Waals surface area contributed by atoms with Gasteiger partial charge in [0.1, 0.15) is 22.5 Å². The molecule has 4 nitrogen and oxygen atoms in total. The highest BCUT2D eigenvalue weighted by molar-refractivity contribution is 9.10. The third kappa shape index (κ3) is 4.42. The van der Waals surface area contributed by atoms with Crippen molar-refractivity contribution in [2.45, 2.75) is 47.1 Å². The van der Waals surface area contributed by atoms with E-state index in [2.05, 4.69) is 54.7 Å². The van der Waals surface area contributed by atoms with Gasteiger partial charge < -0.3 is 4.74 Å². The Hall–Kier alpha value is -2.16. The molecule has 0 atom stereocenters. The molecule has 3 rings (SSSR count). The summed E-state index contributed by atoms with van der Waals surface area (Å²) in [5.41, 5.74) is 1.47. The average molecular weight is 502 g/mol. The fraction of sp³-hybridized carbons (Fsp3) is 0.400. The molecule has 6 heteroatoms. The van der Waals surface area contributed by atoms with E-state index in [-0.39, 0.29) is 28.6 Å². The first-order valence-electron chi connectivity index (χ1n) is 10.3. The molecule has 1 heterocycles. The van der Waals surface area contributed by atoms with Crippen molar-refractivity contribution in [1.29, 1.82) is 5.26 Å². The minimum Gasteiger partial charge on any atom is -0.489 e. The fourth-order valence-corrected chi connectivity index (χ4v) is 5.54. The van der Waals surface area contributed by atoms with Crippen LogP contribution in [0, 0.1) is 28.1 Å². The van der Waals surface area contributed by atoms with Gasteiger partial charge in [0.15, 0.2) is 5.78 Å². The van der Waals surface area contributed by atoms with Crippen LogP contribution in [0.15, 0.2) is 47.1 Å². The molecule has 162 valence electrons. The number of aryl methyl sites for hydroxylation is 1. The topological polar surface area (TPSA) is 63.0 Å². The lowest BCUT2D eigenvalue weighted by molar-refractivity contribution is -0.177. The van der Waals surface area contributed by atoms with Crippen molar-refractivity contribution in [3.8, 4) is 11.8 Å². The normalized spacial score (nSPS) is 21.4. The van der Waals surface area contributed by atoms with E-state index in [1.165, 1.54) is 0 Å². The van der Waals surface area contributed by atoms with Crippen LogP contribution in [0.2, 0.25) is 5.02 Å². The Balaban J connectivity index is 1.79. The van der Waals surface area contributed by atoms with E-state index < -0.39 is 0 Å². The SMILES string of the molecule is CCc1nc(Br)ccc1C(=O)/C=C/C1C(C)(C)C(Oc2ccc(C#N)c(Cl)c2)C1(C)C. The van der Waals surface area contributed by atoms with Gasteiger partial charge in [-0.2, -0.15) is 5.26 Å². The van der Waals surface area contributed by atoms with Crippen LogP contribution >= 0.6 is 27.5 Å². The number of ketones is 1. The monoisotopic (exact) mass is 500 g/mol. The highest BCUT2D eigenvalue weighted by atomic mass is 79.9. The quantitative estimate of drug-likeness (QED) is 0.248. The van der Waals surface area contributed by atoms with Gasteiger partial charge in [-0.3, -0.25) is 4.79 Å². The predicted octanol–water partition coefficient (Wildman–Crippen LogP) is 6.80. The zero-order chi connectivity index (χ0) is 23.0. The number of carbonyl (C=O) groups is 1. The smallest absolute Gasteiger partial charge is 0.187 e. The zero-order valence-electron chi connectivity index (χ0n) is 18.4. The maximum absolute atomic E-state index is 12.9. The summed E-state index contributed by atoms with van der Waals surface area (Å²) < 4.78 is 7.04. The Bertz CT molecular complexity index is 1070. The number of benzene rings is 1. The lowest BCUT2D eigenvalue weighted by Gasteiger charge is -2.62. The number of halogens is 2. The van der Waals surface area contributed by atoms with Crippen molar-refractivity contribution in [3.63, 3.8) is 0 Å². The van der Waals surface area contributed by atoms with E-state index in [1.54, 1.807) is 30.3 Å². The second kappa shape index (κ2) is 8.76. The van der Waals surface area contributed by atoms with E-state index in [4.69, 9.17) is 21.6 Å². The molecule has 0 saturated heterocycles. The van der Waals surface area contributed by atoms with Crippen molar-refractivity contribution < 1.29 is 9.53 Å². The molecule has 1 aromatic carbocycles. The number of carbonyl (C=O) groups excluding carboxylic acids is 1. The molecule has 1 aliphatic carbocycles. The summed E-state index contributed by atoms with van der Waals surface area (Å²) in [7, 11) is 0. The summed E-state index contributed by atoms with van der Waals surface area (Å²) in [6, 6.07) is 10.8. The highest BCUT2D eigenvalue weighted by Gasteiger charge is 2.62. The van der Waals surface area contributed by atoms with Crippen molar-refractivity contribution in [3.05, 3.63) is 68.9 Å². The molecule has 2 aromatic rings. The number of hydrogen-bond acceptors (Lipinski definition) is 4. The van der Waals surface area contributed by atoms with Crippen molar-refractivity contribution in [2.24, 2.45) is 16.7 Å². The molecule has 0 N–H and O–H groups in total. The standard InChI is InChI=1S/C25H26BrClN2O2/c1-6-19-17(9-12-22(26)29-19)20(30)10-11-21-24(2,3)23(25(21,4)5)31-16-8-7-15(14-28)18(27)13-16/h7-13,21,23H,6H2,1-5H3/b11-10+. The van der Waals surface area contributed by atoms with Crippen LogP contribution < -0.4 is 4.74 Å². The molecule has 0 radical (unpaired) electrons. The fourth-order valence-electron chi connectivity index (χ4n) is 4.99. The minimum absolute atomic E-state index is 0.0355. The largest absolute Gasteiger partial charge is 0.489 e. The van der Waals surface area contributed by atoms with Crippen LogP contribution in [0.4, 0.5) is 0 Å². The Kier molecular flexibility index (Phi) is 6.64. The lowest BCUT2D eigenvalue weighted by atomic mass is 9.45. The zero-order valence-corrected chi connectivity index (χ0v) is 20.7. The third-order valence-electron chi connectivity index (χ3n) is 6.25. The number of rotatable bonds is 6. The molecule has 1 aliphatic rings. The first-order chi connectivity index (χ1) is 14.5. The summed E-state index contributed by atoms with van der Waals surface area (Å²) in [6.07, 6.45) is 4.30. The van der Waals surface area contributed by atoms with Gasteiger partial charge in [0, 0.05) is 22.5 Å². The van der Waals surface area contributed by atoms with Crippen LogP contribution in [0.5, 0.6) is 5.75 Å². The number of nitrogens with zero attached hydrogens (tertiary/aromatic N) is 2. The Morgan fingerprint density at radius 1 is 1.26 bits per heavy atom. The van der Waals surface area contributed by atoms with Gasteiger partial charge in [-0.15, -0.1) is 0 Å². The molecule has 31 heavy (non-hydrogen) atoms. The molecular weight excluding hydrogens is 476 g/mol. The highest BCUT2D eigenvalue weighted by Crippen LogP contribution is 2.60. The van der Waals surface area contributed by atoms with E-state index in [0.717, 1.165) is 10.3 Å². The van der Waals surface area contributed by atoms with Gasteiger partial charge >= 0.3 is 0 Å². The summed E-state index contributed by atoms with van der Waals surface area (Å²) >= 11 is 9.53. The van der Waals surface area contributed by atoms with Gasteiger partial charge in [-0.25, -0.2) is 4.98 Å². The molecule has 0 unspecified atom stereocenters. The second-order valence-corrected chi connectivity index (χ2v) is 10.3. The number of allylic oxidation sites excluding steroid dienone is 2. The first-order valence-corrected chi connectivity index (χ1v) is 11.4. The number of nitriles is 1. The average Bonchev–Trinajstić information content (AvgIpc) is 2.71. The van der Waals surface area contributed by atoms with Crippen LogP contribution in [0.3, 0.4) is 0 Å². The molecule has 0 bridgehead atoms. The van der Waals surface area contributed by atoms with E-state index in [9.17, 15) is 4.79 Å². The van der Waals surface area contributed by atoms with E-state index >= 15 is 0 Å². The van der Waals surface area contributed by atoms with Gasteiger partial charge in [0.25, 0.3) is 0 Å². The molecule has 0 spiro atoms. The molecule has 1 saturated carbocycles. The summed E-state index contributed by atoms with van der Waals surface area (Å²) in [5, 5.41) is 9.45. The van der Waals surface area contributed by atoms with Gasteiger partial charge in [0.2, 0.25) is 0 Å². The summed E-state index contributed by atoms with van der Waals surface area (Å²) in [4.78, 5) is 17.3. The molecule has 1 fully saturated rings. The van der Waals surface area contributed by atoms with Crippen molar-refractivity contribution in [2.75, 3.05) is 0 Å². The van der Waals surface area contributed by atoms with E-state index in [0.29, 0.717) is 28.3 Å². The number of ether oxygens (including phenoxy) is 1. The molecule has 1 aromatic heterocycles. The predicted molar refractivity (Wildman–Crippen MR) is 126 cm³/mol. The molecule has 0 aliphatic heterocycles. The molecular formula is C25H26BrClN2O2. The lowest BCUT2D eigenvalue weighted by Crippen LogP contribution is -2.65. The first kappa shape index (κ1) is 23.5. The minimum atomic E-state index is -0.188. The Morgan fingerprint density at radius 2 is 1.94 bits per heavy atom. The third-order valence-corrected chi connectivity index (χ3v) is 7.00. The van der Waals surface area contributed by atoms with Gasteiger partial charge in [-0.1, -0.05) is 52.3 Å². The summed E-state index contributed by atoms with van der Waals surface area (Å²) in [6.45, 7) is 10.6. The van der Waals surface area contributed by atoms with E-state index in [1.807, 2.05) is 19.1 Å². The Labute approximate surface area is 197 Å². The van der Waals surface area contributed by atoms with Crippen LogP contribution in [-0.4, -0.2) is 16.9 Å². The van der Waals surface area contributed by atoms with Crippen LogP contribution in [0.25, 0.3) is 0 Å². The van der Waals surface area contributed by atoms with Crippen LogP contribution in [-0.2, 0) is 6.42 Å². The number of hydrogen-bond donors (Lipinski definition) is 0. The maximum atomic E-state index is 12.9. The number of pyridine rings is 1. The van der Waals surface area contributed by atoms with Crippen molar-refractivity contribution >= 4 is 33.3 Å². The van der Waals surface area contributed by atoms with Crippen molar-refractivity contribution in [1.82, 2.24) is 4.98 Å².